The molecule has 0 unspecified atom stereocenters. The number of nitrogens with two attached hydrogens (primary N) is 1. The lowest BCUT2D eigenvalue weighted by molar-refractivity contribution is 0.911. The Bertz CT molecular complexity index is 454. The van der Waals surface area contributed by atoms with E-state index in [-0.39, 0.29) is 0 Å². The molecule has 2 heterocycles. The molecule has 0 aromatic carbocycles. The largest absolute Gasteiger partial charge is 0.383 e. The van der Waals surface area contributed by atoms with Crippen LogP contribution in [0.1, 0.15) is 27.3 Å². The third kappa shape index (κ3) is 0.989. The second-order valence-electron chi connectivity index (χ2n) is 3.90. The fourth-order valence-electron chi connectivity index (χ4n) is 2.33. The van der Waals surface area contributed by atoms with Crippen LogP contribution in [0.25, 0.3) is 0 Å². The van der Waals surface area contributed by atoms with E-state index in [1.807, 2.05) is 11.3 Å². The normalized spacial score (nSPS) is 19.1. The van der Waals surface area contributed by atoms with E-state index in [2.05, 4.69) is 11.6 Å². The summed E-state index contributed by atoms with van der Waals surface area (Å²) in [4.78, 5) is 7.19. The van der Waals surface area contributed by atoms with Gasteiger partial charge < -0.3 is 5.73 Å². The minimum absolute atomic E-state index is 0.690. The monoisotopic (exact) mass is 204 g/mol. The number of nitrogens with zero attached hydrogens (tertiary/aromatic N) is 1. The minimum atomic E-state index is 0.690. The molecule has 0 atom stereocenters. The number of aryl methyl sites for hydroxylation is 1. The Morgan fingerprint density at radius 1 is 1.29 bits per heavy atom. The molecule has 72 valence electrons. The molecular weight excluding hydrogens is 192 g/mol. The zero-order chi connectivity index (χ0) is 9.71. The van der Waals surface area contributed by atoms with Gasteiger partial charge in [-0.25, -0.2) is 4.99 Å². The first-order valence-electron chi connectivity index (χ1n) is 4.91. The van der Waals surface area contributed by atoms with Gasteiger partial charge in [0.15, 0.2) is 0 Å². The first-order valence-corrected chi connectivity index (χ1v) is 5.73. The lowest BCUT2D eigenvalue weighted by Crippen LogP contribution is -2.19. The van der Waals surface area contributed by atoms with Gasteiger partial charge in [0.1, 0.15) is 5.84 Å². The molecule has 0 spiro atoms. The van der Waals surface area contributed by atoms with E-state index in [9.17, 15) is 0 Å². The summed E-state index contributed by atoms with van der Waals surface area (Å²) in [6.45, 7) is 3.89. The van der Waals surface area contributed by atoms with Crippen molar-refractivity contribution in [3.05, 3.63) is 33.2 Å². The quantitative estimate of drug-likeness (QED) is 0.689. The Morgan fingerprint density at radius 3 is 3.00 bits per heavy atom. The summed E-state index contributed by atoms with van der Waals surface area (Å²) in [5.74, 6) is 0.690. The van der Waals surface area contributed by atoms with Crippen LogP contribution in [0.5, 0.6) is 0 Å². The highest BCUT2D eigenvalue weighted by molar-refractivity contribution is 7.12. The van der Waals surface area contributed by atoms with Gasteiger partial charge in [0.05, 0.1) is 0 Å². The Balaban J connectivity index is 2.23. The van der Waals surface area contributed by atoms with E-state index in [0.717, 1.165) is 12.1 Å². The molecule has 0 saturated carbocycles. The smallest absolute Gasteiger partial charge is 0.132 e. The molecule has 2 nitrogen and oxygen atoms in total. The second-order valence-corrected chi connectivity index (χ2v) is 5.09. The second kappa shape index (κ2) is 2.70. The molecule has 1 aromatic heterocycles. The van der Waals surface area contributed by atoms with Crippen LogP contribution >= 0.6 is 11.3 Å². The van der Waals surface area contributed by atoms with E-state index < -0.39 is 0 Å². The fourth-order valence-corrected chi connectivity index (χ4v) is 3.77. The van der Waals surface area contributed by atoms with Crippen LogP contribution in [0.3, 0.4) is 0 Å². The van der Waals surface area contributed by atoms with Gasteiger partial charge in [-0.3, -0.25) is 0 Å². The minimum Gasteiger partial charge on any atom is -0.383 e. The standard InChI is InChI=1S/C11H12N2S/c1-6-5-9-10(11(12)13-6)7-3-2-4-8(7)14-9/h1-5H2,(H2,12,13). The summed E-state index contributed by atoms with van der Waals surface area (Å²) in [6, 6.07) is 0. The zero-order valence-electron chi connectivity index (χ0n) is 7.97. The Hall–Kier alpha value is -1.09. The average Bonchev–Trinajstić information content (AvgIpc) is 2.60. The lowest BCUT2D eigenvalue weighted by Gasteiger charge is -2.12. The van der Waals surface area contributed by atoms with Crippen molar-refractivity contribution in [1.29, 1.82) is 0 Å². The third-order valence-corrected chi connectivity index (χ3v) is 4.19. The van der Waals surface area contributed by atoms with Crippen molar-refractivity contribution >= 4 is 17.2 Å². The highest BCUT2D eigenvalue weighted by atomic mass is 32.1. The summed E-state index contributed by atoms with van der Waals surface area (Å²) in [5, 5.41) is 0. The Labute approximate surface area is 87.2 Å². The summed E-state index contributed by atoms with van der Waals surface area (Å²) in [5.41, 5.74) is 9.56. The first-order chi connectivity index (χ1) is 6.75. The van der Waals surface area contributed by atoms with Crippen molar-refractivity contribution in [2.75, 3.05) is 0 Å². The van der Waals surface area contributed by atoms with E-state index in [1.165, 1.54) is 40.1 Å². The number of amidine groups is 1. The van der Waals surface area contributed by atoms with E-state index >= 15 is 0 Å². The van der Waals surface area contributed by atoms with Crippen LogP contribution < -0.4 is 5.73 Å². The SMILES string of the molecule is C=C1Cc2sc3c(c2C(N)=N1)CCC3. The molecule has 2 aliphatic rings. The van der Waals surface area contributed by atoms with Gasteiger partial charge in [0, 0.05) is 27.4 Å². The molecule has 1 aliphatic heterocycles. The summed E-state index contributed by atoms with van der Waals surface area (Å²) in [7, 11) is 0. The first kappa shape index (κ1) is 8.24. The summed E-state index contributed by atoms with van der Waals surface area (Å²) < 4.78 is 0. The number of thiophene rings is 1. The number of allylic oxidation sites excluding steroid dienone is 1. The van der Waals surface area contributed by atoms with Gasteiger partial charge in [-0.2, -0.15) is 0 Å². The highest BCUT2D eigenvalue weighted by Gasteiger charge is 2.26. The van der Waals surface area contributed by atoms with Gasteiger partial charge in [0.25, 0.3) is 0 Å². The molecule has 0 saturated heterocycles. The molecule has 3 rings (SSSR count). The van der Waals surface area contributed by atoms with Crippen LogP contribution in [0.2, 0.25) is 0 Å². The van der Waals surface area contributed by atoms with E-state index in [1.54, 1.807) is 0 Å². The molecule has 1 aromatic rings. The number of hydrogen-bond donors (Lipinski definition) is 1. The number of rotatable bonds is 0. The van der Waals surface area contributed by atoms with E-state index in [0.29, 0.717) is 5.84 Å². The average molecular weight is 204 g/mol. The third-order valence-electron chi connectivity index (χ3n) is 2.89. The van der Waals surface area contributed by atoms with Crippen molar-refractivity contribution in [2.24, 2.45) is 10.7 Å². The molecule has 0 radical (unpaired) electrons. The molecular formula is C11H12N2S. The van der Waals surface area contributed by atoms with Crippen molar-refractivity contribution in [2.45, 2.75) is 25.7 Å². The summed E-state index contributed by atoms with van der Waals surface area (Å²) in [6.07, 6.45) is 4.59. The molecule has 0 amide bonds. The predicted octanol–water partition coefficient (Wildman–Crippen LogP) is 2.01. The van der Waals surface area contributed by atoms with Crippen LogP contribution in [0, 0.1) is 0 Å². The van der Waals surface area contributed by atoms with Gasteiger partial charge in [-0.1, -0.05) is 6.58 Å². The van der Waals surface area contributed by atoms with Crippen LogP contribution in [0.15, 0.2) is 17.3 Å². The highest BCUT2D eigenvalue weighted by Crippen LogP contribution is 2.38. The number of aliphatic imine (C=N–C) groups is 1. The molecule has 0 fully saturated rings. The van der Waals surface area contributed by atoms with Gasteiger partial charge in [-0.05, 0) is 24.8 Å². The lowest BCUT2D eigenvalue weighted by atomic mass is 10.0. The van der Waals surface area contributed by atoms with Crippen molar-refractivity contribution in [3.63, 3.8) is 0 Å². The van der Waals surface area contributed by atoms with Crippen molar-refractivity contribution < 1.29 is 0 Å². The molecule has 3 heteroatoms. The fraction of sp³-hybridized carbons (Fsp3) is 0.364. The maximum atomic E-state index is 5.95. The van der Waals surface area contributed by atoms with Gasteiger partial charge in [0.2, 0.25) is 0 Å². The zero-order valence-corrected chi connectivity index (χ0v) is 8.78. The van der Waals surface area contributed by atoms with E-state index in [4.69, 9.17) is 5.73 Å². The topological polar surface area (TPSA) is 38.4 Å². The van der Waals surface area contributed by atoms with Gasteiger partial charge in [-0.15, -0.1) is 11.3 Å². The Kier molecular flexibility index (Phi) is 1.59. The van der Waals surface area contributed by atoms with Crippen LogP contribution in [0.4, 0.5) is 0 Å². The van der Waals surface area contributed by atoms with Gasteiger partial charge >= 0.3 is 0 Å². The van der Waals surface area contributed by atoms with Crippen molar-refractivity contribution in [3.8, 4) is 0 Å². The van der Waals surface area contributed by atoms with Crippen LogP contribution in [-0.4, -0.2) is 5.84 Å². The molecule has 1 aliphatic carbocycles. The number of fused-ring (bicyclic) bond motifs is 3. The number of hydrogen-bond acceptors (Lipinski definition) is 3. The molecule has 14 heavy (non-hydrogen) atoms. The predicted molar refractivity (Wildman–Crippen MR) is 59.9 cm³/mol. The maximum absolute atomic E-state index is 5.95. The van der Waals surface area contributed by atoms with Crippen molar-refractivity contribution in [1.82, 2.24) is 0 Å². The van der Waals surface area contributed by atoms with Crippen LogP contribution in [-0.2, 0) is 19.3 Å². The summed E-state index contributed by atoms with van der Waals surface area (Å²) >= 11 is 1.91. The molecule has 0 bridgehead atoms. The maximum Gasteiger partial charge on any atom is 0.132 e. The molecule has 2 N–H and O–H groups in total. The Morgan fingerprint density at radius 2 is 2.14 bits per heavy atom.